The van der Waals surface area contributed by atoms with Crippen LogP contribution < -0.4 is 5.32 Å². The Kier molecular flexibility index (Phi) is 3.90. The number of hydrogen-bond acceptors (Lipinski definition) is 2. The molecule has 1 aromatic rings. The smallest absolute Gasteiger partial charge is 0.141 e. The van der Waals surface area contributed by atoms with E-state index < -0.39 is 11.9 Å². The van der Waals surface area contributed by atoms with Crippen molar-refractivity contribution in [2.75, 3.05) is 5.32 Å². The van der Waals surface area contributed by atoms with Crippen molar-refractivity contribution in [3.8, 4) is 6.07 Å². The molecule has 5 heteroatoms. The summed E-state index contributed by atoms with van der Waals surface area (Å²) in [4.78, 5) is 0. The van der Waals surface area contributed by atoms with E-state index in [-0.39, 0.29) is 5.03 Å². The van der Waals surface area contributed by atoms with Crippen molar-refractivity contribution in [1.29, 1.82) is 5.26 Å². The molecule has 0 heterocycles. The third-order valence-electron chi connectivity index (χ3n) is 2.60. The Morgan fingerprint density at radius 3 is 2.83 bits per heavy atom. The summed E-state index contributed by atoms with van der Waals surface area (Å²) in [5.41, 5.74) is 1.04. The second-order valence-electron chi connectivity index (χ2n) is 3.84. The van der Waals surface area contributed by atoms with E-state index in [9.17, 15) is 4.39 Å². The highest BCUT2D eigenvalue weighted by atomic mass is 35.5. The van der Waals surface area contributed by atoms with Gasteiger partial charge >= 0.3 is 0 Å². The Balaban J connectivity index is 2.21. The first kappa shape index (κ1) is 12.9. The molecular formula is C13H9Cl2FN2. The van der Waals surface area contributed by atoms with E-state index in [1.165, 1.54) is 12.1 Å². The molecule has 2 rings (SSSR count). The third-order valence-corrected chi connectivity index (χ3v) is 3.22. The summed E-state index contributed by atoms with van der Waals surface area (Å²) in [5.74, 6) is -0.403. The minimum absolute atomic E-state index is 0.100. The number of nitrogens with zero attached hydrogens (tertiary/aromatic N) is 1. The van der Waals surface area contributed by atoms with Gasteiger partial charge in [-0.05, 0) is 30.7 Å². The third kappa shape index (κ3) is 2.66. The lowest BCUT2D eigenvalue weighted by molar-refractivity contribution is 0.552. The van der Waals surface area contributed by atoms with Crippen LogP contribution in [-0.4, -0.2) is 6.04 Å². The molecule has 92 valence electrons. The zero-order valence-electron chi connectivity index (χ0n) is 9.25. The molecule has 0 saturated heterocycles. The minimum atomic E-state index is -0.520. The highest BCUT2D eigenvalue weighted by molar-refractivity contribution is 6.33. The number of benzene rings is 1. The van der Waals surface area contributed by atoms with Gasteiger partial charge in [0.25, 0.3) is 0 Å². The molecule has 2 nitrogen and oxygen atoms in total. The van der Waals surface area contributed by atoms with E-state index in [0.29, 0.717) is 22.7 Å². The summed E-state index contributed by atoms with van der Waals surface area (Å²) in [6.45, 7) is 0. The largest absolute Gasteiger partial charge is 0.374 e. The van der Waals surface area contributed by atoms with Crippen molar-refractivity contribution in [2.45, 2.75) is 12.5 Å². The van der Waals surface area contributed by atoms with Crippen LogP contribution in [0.3, 0.4) is 0 Å². The molecule has 1 N–H and O–H groups in total. The highest BCUT2D eigenvalue weighted by Gasteiger charge is 2.20. The van der Waals surface area contributed by atoms with Crippen LogP contribution in [-0.2, 0) is 0 Å². The normalized spacial score (nSPS) is 18.7. The van der Waals surface area contributed by atoms with E-state index >= 15 is 0 Å². The Morgan fingerprint density at radius 2 is 2.17 bits per heavy atom. The van der Waals surface area contributed by atoms with Crippen molar-refractivity contribution in [3.63, 3.8) is 0 Å². The van der Waals surface area contributed by atoms with Gasteiger partial charge in [-0.25, -0.2) is 4.39 Å². The van der Waals surface area contributed by atoms with Gasteiger partial charge in [-0.1, -0.05) is 29.3 Å². The molecule has 0 amide bonds. The molecule has 0 fully saturated rings. The molecule has 0 bridgehead atoms. The molecule has 0 aromatic heterocycles. The van der Waals surface area contributed by atoms with Gasteiger partial charge in [-0.2, -0.15) is 5.26 Å². The van der Waals surface area contributed by atoms with Crippen LogP contribution in [0, 0.1) is 11.3 Å². The lowest BCUT2D eigenvalue weighted by atomic mass is 10.1. The second-order valence-corrected chi connectivity index (χ2v) is 4.65. The number of allylic oxidation sites excluding steroid dienone is 2. The van der Waals surface area contributed by atoms with Gasteiger partial charge in [0, 0.05) is 0 Å². The minimum Gasteiger partial charge on any atom is -0.374 e. The summed E-state index contributed by atoms with van der Waals surface area (Å²) in [6.07, 6.45) is 3.83. The maximum Gasteiger partial charge on any atom is 0.141 e. The van der Waals surface area contributed by atoms with Crippen LogP contribution in [0.25, 0.3) is 0 Å². The highest BCUT2D eigenvalue weighted by Crippen LogP contribution is 2.29. The van der Waals surface area contributed by atoms with Crippen molar-refractivity contribution in [2.24, 2.45) is 0 Å². The lowest BCUT2D eigenvalue weighted by Crippen LogP contribution is -2.22. The first-order valence-corrected chi connectivity index (χ1v) is 6.05. The van der Waals surface area contributed by atoms with E-state index in [2.05, 4.69) is 5.32 Å². The van der Waals surface area contributed by atoms with Crippen molar-refractivity contribution in [3.05, 3.63) is 51.8 Å². The maximum absolute atomic E-state index is 13.7. The van der Waals surface area contributed by atoms with Crippen LogP contribution in [0.5, 0.6) is 0 Å². The van der Waals surface area contributed by atoms with E-state index in [1.54, 1.807) is 18.2 Å². The van der Waals surface area contributed by atoms with Crippen LogP contribution in [0.2, 0.25) is 5.02 Å². The predicted octanol–water partition coefficient (Wildman–Crippen LogP) is 4.37. The van der Waals surface area contributed by atoms with Crippen LogP contribution >= 0.6 is 23.2 Å². The first-order valence-electron chi connectivity index (χ1n) is 5.29. The molecule has 0 aliphatic heterocycles. The number of halogens is 3. The summed E-state index contributed by atoms with van der Waals surface area (Å²) in [5, 5.41) is 12.2. The Bertz CT molecular complexity index is 573. The van der Waals surface area contributed by atoms with Crippen LogP contribution in [0.4, 0.5) is 10.1 Å². The van der Waals surface area contributed by atoms with Gasteiger partial charge in [-0.3, -0.25) is 0 Å². The molecule has 1 aliphatic carbocycles. The fourth-order valence-electron chi connectivity index (χ4n) is 1.67. The topological polar surface area (TPSA) is 35.8 Å². The number of hydrogen-bond donors (Lipinski definition) is 1. The predicted molar refractivity (Wildman–Crippen MR) is 71.3 cm³/mol. The van der Waals surface area contributed by atoms with Crippen molar-refractivity contribution < 1.29 is 4.39 Å². The average molecular weight is 283 g/mol. The zero-order valence-corrected chi connectivity index (χ0v) is 10.8. The molecule has 1 unspecified atom stereocenters. The fraction of sp³-hybridized carbons (Fsp3) is 0.154. The van der Waals surface area contributed by atoms with E-state index in [0.717, 1.165) is 0 Å². The molecule has 0 spiro atoms. The summed E-state index contributed by atoms with van der Waals surface area (Å²) in [6, 6.07) is 6.27. The Hall–Kier alpha value is -1.50. The van der Waals surface area contributed by atoms with Gasteiger partial charge in [0.15, 0.2) is 0 Å². The molecule has 1 aromatic carbocycles. The quantitative estimate of drug-likeness (QED) is 0.874. The molecule has 18 heavy (non-hydrogen) atoms. The van der Waals surface area contributed by atoms with Gasteiger partial charge in [-0.15, -0.1) is 0 Å². The summed E-state index contributed by atoms with van der Waals surface area (Å²) < 4.78 is 13.7. The molecule has 0 saturated carbocycles. The van der Waals surface area contributed by atoms with Crippen molar-refractivity contribution in [1.82, 2.24) is 0 Å². The number of anilines is 1. The second kappa shape index (κ2) is 5.43. The molecule has 1 aliphatic rings. The monoisotopic (exact) mass is 282 g/mol. The molecule has 1 atom stereocenters. The van der Waals surface area contributed by atoms with Gasteiger partial charge in [0.1, 0.15) is 5.83 Å². The van der Waals surface area contributed by atoms with Crippen LogP contribution in [0.15, 0.2) is 41.2 Å². The molecular weight excluding hydrogens is 274 g/mol. The first-order chi connectivity index (χ1) is 8.61. The van der Waals surface area contributed by atoms with Crippen molar-refractivity contribution >= 4 is 28.9 Å². The average Bonchev–Trinajstić information content (AvgIpc) is 2.37. The van der Waals surface area contributed by atoms with E-state index in [4.69, 9.17) is 28.5 Å². The van der Waals surface area contributed by atoms with E-state index in [1.807, 2.05) is 6.07 Å². The number of rotatable bonds is 2. The number of nitriles is 1. The molecule has 0 radical (unpaired) electrons. The summed E-state index contributed by atoms with van der Waals surface area (Å²) >= 11 is 11.7. The van der Waals surface area contributed by atoms with Gasteiger partial charge in [0.2, 0.25) is 0 Å². The van der Waals surface area contributed by atoms with Crippen LogP contribution in [0.1, 0.15) is 12.0 Å². The van der Waals surface area contributed by atoms with Gasteiger partial charge in [0.05, 0.1) is 33.4 Å². The van der Waals surface area contributed by atoms with Gasteiger partial charge < -0.3 is 5.32 Å². The Labute approximate surface area is 114 Å². The maximum atomic E-state index is 13.7. The standard InChI is InChI=1S/C13H9Cl2FN2/c14-9-2-1-3-12(13(9)16)18-11-5-4-8(7-17)6-10(11)15/h1-2,4-6,12,18H,3H2. The zero-order chi connectivity index (χ0) is 13.1. The lowest BCUT2D eigenvalue weighted by Gasteiger charge is -2.20. The number of nitrogens with one attached hydrogen (secondary N) is 1. The Morgan fingerprint density at radius 1 is 1.39 bits per heavy atom. The fourth-order valence-corrected chi connectivity index (χ4v) is 2.12. The SMILES string of the molecule is N#Cc1ccc(NC2CC=CC(Cl)=C2F)c(Cl)c1. The summed E-state index contributed by atoms with van der Waals surface area (Å²) in [7, 11) is 0.